The summed E-state index contributed by atoms with van der Waals surface area (Å²) in [6, 6.07) is 4.63. The largest absolute Gasteiger partial charge is 0.493 e. The van der Waals surface area contributed by atoms with Crippen LogP contribution in [0.3, 0.4) is 0 Å². The zero-order valence-electron chi connectivity index (χ0n) is 10.2. The Morgan fingerprint density at radius 1 is 1.41 bits per heavy atom. The van der Waals surface area contributed by atoms with Crippen LogP contribution in [0.2, 0.25) is 0 Å². The van der Waals surface area contributed by atoms with Crippen LogP contribution in [0, 0.1) is 12.8 Å². The summed E-state index contributed by atoms with van der Waals surface area (Å²) in [5, 5.41) is 0. The van der Waals surface area contributed by atoms with E-state index in [1.165, 1.54) is 12.1 Å². The number of hydrogen-bond acceptors (Lipinski definition) is 3. The van der Waals surface area contributed by atoms with E-state index in [0.29, 0.717) is 18.3 Å². The van der Waals surface area contributed by atoms with Gasteiger partial charge in [0, 0.05) is 10.7 Å². The third-order valence-electron chi connectivity index (χ3n) is 2.65. The van der Waals surface area contributed by atoms with E-state index < -0.39 is 9.05 Å². The fourth-order valence-electron chi connectivity index (χ4n) is 1.29. The van der Waals surface area contributed by atoms with Crippen LogP contribution in [0.1, 0.15) is 25.8 Å². The minimum atomic E-state index is -3.66. The van der Waals surface area contributed by atoms with Crippen LogP contribution < -0.4 is 4.74 Å². The molecule has 96 valence electrons. The minimum Gasteiger partial charge on any atom is -0.493 e. The van der Waals surface area contributed by atoms with Crippen LogP contribution >= 0.6 is 10.7 Å². The van der Waals surface area contributed by atoms with Crippen LogP contribution in [0.15, 0.2) is 23.1 Å². The molecule has 1 aromatic carbocycles. The van der Waals surface area contributed by atoms with Gasteiger partial charge in [-0.05, 0) is 36.6 Å². The molecule has 0 aromatic heterocycles. The molecule has 0 N–H and O–H groups in total. The smallest absolute Gasteiger partial charge is 0.261 e. The third kappa shape index (κ3) is 4.21. The first kappa shape index (κ1) is 14.3. The molecule has 0 bridgehead atoms. The number of hydrogen-bond donors (Lipinski definition) is 0. The molecule has 3 nitrogen and oxygen atoms in total. The monoisotopic (exact) mass is 276 g/mol. The molecule has 1 atom stereocenters. The van der Waals surface area contributed by atoms with Crippen molar-refractivity contribution in [3.8, 4) is 5.75 Å². The molecule has 0 aliphatic rings. The average Bonchev–Trinajstić information content (AvgIpc) is 2.25. The predicted octanol–water partition coefficient (Wildman–Crippen LogP) is 3.35. The summed E-state index contributed by atoms with van der Waals surface area (Å²) in [5.41, 5.74) is 0.773. The zero-order chi connectivity index (χ0) is 13.1. The topological polar surface area (TPSA) is 43.4 Å². The number of halogens is 1. The van der Waals surface area contributed by atoms with E-state index >= 15 is 0 Å². The van der Waals surface area contributed by atoms with Gasteiger partial charge >= 0.3 is 0 Å². The SMILES string of the molecule is CCC(C)COc1ccc(S(=O)(=O)Cl)cc1C. The fourth-order valence-corrected chi connectivity index (χ4v) is 2.12. The quantitative estimate of drug-likeness (QED) is 0.775. The molecule has 0 radical (unpaired) electrons. The first-order valence-corrected chi connectivity index (χ1v) is 7.83. The highest BCUT2D eigenvalue weighted by Crippen LogP contribution is 2.24. The lowest BCUT2D eigenvalue weighted by atomic mass is 10.1. The highest BCUT2D eigenvalue weighted by molar-refractivity contribution is 8.13. The normalized spacial score (nSPS) is 13.4. The van der Waals surface area contributed by atoms with Crippen molar-refractivity contribution in [3.05, 3.63) is 23.8 Å². The van der Waals surface area contributed by atoms with E-state index in [4.69, 9.17) is 15.4 Å². The molecular formula is C12H17ClO3S. The molecule has 17 heavy (non-hydrogen) atoms. The number of benzene rings is 1. The Balaban J connectivity index is 2.84. The summed E-state index contributed by atoms with van der Waals surface area (Å²) in [6.45, 7) is 6.64. The number of rotatable bonds is 5. The lowest BCUT2D eigenvalue weighted by Gasteiger charge is -2.13. The van der Waals surface area contributed by atoms with Crippen molar-refractivity contribution in [2.24, 2.45) is 5.92 Å². The maximum absolute atomic E-state index is 11.1. The molecule has 1 aromatic rings. The maximum atomic E-state index is 11.1. The zero-order valence-corrected chi connectivity index (χ0v) is 11.8. The second kappa shape index (κ2) is 5.74. The van der Waals surface area contributed by atoms with Crippen LogP contribution in [-0.4, -0.2) is 15.0 Å². The summed E-state index contributed by atoms with van der Waals surface area (Å²) in [5.74, 6) is 1.18. The van der Waals surface area contributed by atoms with Crippen molar-refractivity contribution in [2.75, 3.05) is 6.61 Å². The molecule has 0 amide bonds. The second-order valence-electron chi connectivity index (χ2n) is 4.19. The summed E-state index contributed by atoms with van der Waals surface area (Å²) in [7, 11) is 1.60. The Hall–Kier alpha value is -0.740. The summed E-state index contributed by atoms with van der Waals surface area (Å²) >= 11 is 0. The minimum absolute atomic E-state index is 0.104. The second-order valence-corrected chi connectivity index (χ2v) is 6.76. The number of aryl methyl sites for hydroxylation is 1. The third-order valence-corrected chi connectivity index (χ3v) is 4.00. The van der Waals surface area contributed by atoms with Crippen LogP contribution in [-0.2, 0) is 9.05 Å². The first-order valence-electron chi connectivity index (χ1n) is 5.52. The highest BCUT2D eigenvalue weighted by Gasteiger charge is 2.12. The van der Waals surface area contributed by atoms with E-state index in [1.807, 2.05) is 0 Å². The lowest BCUT2D eigenvalue weighted by Crippen LogP contribution is -2.08. The van der Waals surface area contributed by atoms with Crippen molar-refractivity contribution in [1.82, 2.24) is 0 Å². The van der Waals surface area contributed by atoms with Gasteiger partial charge in [-0.3, -0.25) is 0 Å². The Morgan fingerprint density at radius 3 is 2.53 bits per heavy atom. The first-order chi connectivity index (χ1) is 7.84. The molecule has 1 unspecified atom stereocenters. The van der Waals surface area contributed by atoms with E-state index in [0.717, 1.165) is 12.0 Å². The summed E-state index contributed by atoms with van der Waals surface area (Å²) < 4.78 is 27.9. The molecule has 0 aliphatic carbocycles. The van der Waals surface area contributed by atoms with Crippen molar-refractivity contribution in [1.29, 1.82) is 0 Å². The van der Waals surface area contributed by atoms with Gasteiger partial charge in [0.1, 0.15) is 5.75 Å². The van der Waals surface area contributed by atoms with Gasteiger partial charge in [0.25, 0.3) is 9.05 Å². The Bertz CT molecular complexity index is 483. The Labute approximate surface area is 107 Å². The van der Waals surface area contributed by atoms with E-state index in [9.17, 15) is 8.42 Å². The molecule has 0 fully saturated rings. The van der Waals surface area contributed by atoms with Crippen LogP contribution in [0.5, 0.6) is 5.75 Å². The van der Waals surface area contributed by atoms with E-state index in [2.05, 4.69) is 13.8 Å². The molecular weight excluding hydrogens is 260 g/mol. The molecule has 0 heterocycles. The summed E-state index contributed by atoms with van der Waals surface area (Å²) in [6.07, 6.45) is 1.05. The van der Waals surface area contributed by atoms with Gasteiger partial charge in [0.15, 0.2) is 0 Å². The average molecular weight is 277 g/mol. The van der Waals surface area contributed by atoms with E-state index in [1.54, 1.807) is 13.0 Å². The van der Waals surface area contributed by atoms with Gasteiger partial charge in [0.2, 0.25) is 0 Å². The van der Waals surface area contributed by atoms with Gasteiger partial charge in [-0.25, -0.2) is 8.42 Å². The van der Waals surface area contributed by atoms with Crippen molar-refractivity contribution in [2.45, 2.75) is 32.1 Å². The molecule has 1 rings (SSSR count). The summed E-state index contributed by atoms with van der Waals surface area (Å²) in [4.78, 5) is 0.104. The Kier molecular flexibility index (Phi) is 4.83. The molecule has 0 saturated heterocycles. The van der Waals surface area contributed by atoms with E-state index in [-0.39, 0.29) is 4.90 Å². The predicted molar refractivity (Wildman–Crippen MR) is 69.2 cm³/mol. The van der Waals surface area contributed by atoms with Crippen molar-refractivity contribution < 1.29 is 13.2 Å². The molecule has 0 spiro atoms. The van der Waals surface area contributed by atoms with Gasteiger partial charge in [-0.1, -0.05) is 20.3 Å². The molecule has 5 heteroatoms. The highest BCUT2D eigenvalue weighted by atomic mass is 35.7. The van der Waals surface area contributed by atoms with Gasteiger partial charge < -0.3 is 4.74 Å². The van der Waals surface area contributed by atoms with Crippen LogP contribution in [0.4, 0.5) is 0 Å². The fraction of sp³-hybridized carbons (Fsp3) is 0.500. The maximum Gasteiger partial charge on any atom is 0.261 e. The van der Waals surface area contributed by atoms with Gasteiger partial charge in [0.05, 0.1) is 11.5 Å². The van der Waals surface area contributed by atoms with Gasteiger partial charge in [-0.15, -0.1) is 0 Å². The standard InChI is InChI=1S/C12H17ClO3S/c1-4-9(2)8-16-12-6-5-11(7-10(12)3)17(13,14)15/h5-7,9H,4,8H2,1-3H3. The Morgan fingerprint density at radius 2 is 2.06 bits per heavy atom. The lowest BCUT2D eigenvalue weighted by molar-refractivity contribution is 0.255. The number of ether oxygens (including phenoxy) is 1. The van der Waals surface area contributed by atoms with Crippen molar-refractivity contribution in [3.63, 3.8) is 0 Å². The molecule has 0 saturated carbocycles. The van der Waals surface area contributed by atoms with Crippen LogP contribution in [0.25, 0.3) is 0 Å². The molecule has 0 aliphatic heterocycles. The van der Waals surface area contributed by atoms with Crippen molar-refractivity contribution >= 4 is 19.7 Å². The van der Waals surface area contributed by atoms with Gasteiger partial charge in [-0.2, -0.15) is 0 Å².